The molecule has 1 atom stereocenters. The van der Waals surface area contributed by atoms with Crippen molar-refractivity contribution in [3.8, 4) is 17.2 Å². The van der Waals surface area contributed by atoms with E-state index in [1.807, 2.05) is 0 Å². The number of benzene rings is 2. The number of halogens is 1. The summed E-state index contributed by atoms with van der Waals surface area (Å²) in [5.41, 5.74) is 0.475. The third-order valence-electron chi connectivity index (χ3n) is 3.67. The topological polar surface area (TPSA) is 94.1 Å². The van der Waals surface area contributed by atoms with Gasteiger partial charge in [0.2, 0.25) is 10.0 Å². The van der Waals surface area contributed by atoms with E-state index >= 15 is 0 Å². The van der Waals surface area contributed by atoms with Gasteiger partial charge in [0, 0.05) is 11.6 Å². The molecule has 0 fully saturated rings. The molecule has 0 aromatic heterocycles. The van der Waals surface area contributed by atoms with Crippen molar-refractivity contribution in [2.24, 2.45) is 0 Å². The number of ether oxygens (including phenoxy) is 3. The minimum Gasteiger partial charge on any atom is -0.495 e. The third kappa shape index (κ3) is 4.59. The predicted molar refractivity (Wildman–Crippen MR) is 97.7 cm³/mol. The van der Waals surface area contributed by atoms with Gasteiger partial charge in [-0.25, -0.2) is 13.1 Å². The number of rotatable bonds is 8. The molecule has 0 bridgehead atoms. The SMILES string of the molecule is COc1ccc(C(O)CNS(=O)(=O)c2cc(Cl)ccc2OC)cc1OC. The summed E-state index contributed by atoms with van der Waals surface area (Å²) in [5, 5.41) is 10.6. The van der Waals surface area contributed by atoms with Gasteiger partial charge in [-0.15, -0.1) is 0 Å². The average molecular weight is 402 g/mol. The molecule has 2 N–H and O–H groups in total. The minimum absolute atomic E-state index is 0.105. The van der Waals surface area contributed by atoms with Crippen molar-refractivity contribution in [1.29, 1.82) is 0 Å². The van der Waals surface area contributed by atoms with Crippen molar-refractivity contribution in [2.45, 2.75) is 11.0 Å². The molecule has 0 aliphatic heterocycles. The molecule has 0 aliphatic rings. The normalized spacial score (nSPS) is 12.5. The molecule has 142 valence electrons. The van der Waals surface area contributed by atoms with Gasteiger partial charge in [-0.3, -0.25) is 0 Å². The molecule has 2 aromatic carbocycles. The van der Waals surface area contributed by atoms with Crippen LogP contribution in [-0.4, -0.2) is 41.4 Å². The van der Waals surface area contributed by atoms with Crippen LogP contribution in [0.4, 0.5) is 0 Å². The molecule has 0 radical (unpaired) electrons. The van der Waals surface area contributed by atoms with E-state index in [1.54, 1.807) is 18.2 Å². The number of hydrogen-bond acceptors (Lipinski definition) is 6. The highest BCUT2D eigenvalue weighted by atomic mass is 35.5. The Morgan fingerprint density at radius 3 is 2.23 bits per heavy atom. The van der Waals surface area contributed by atoms with Gasteiger partial charge in [-0.2, -0.15) is 0 Å². The number of aliphatic hydroxyl groups excluding tert-OH is 1. The first-order valence-electron chi connectivity index (χ1n) is 7.55. The van der Waals surface area contributed by atoms with Gasteiger partial charge >= 0.3 is 0 Å². The Kier molecular flexibility index (Phi) is 6.71. The van der Waals surface area contributed by atoms with Gasteiger partial charge in [0.15, 0.2) is 11.5 Å². The lowest BCUT2D eigenvalue weighted by atomic mass is 10.1. The van der Waals surface area contributed by atoms with E-state index in [0.717, 1.165) is 0 Å². The summed E-state index contributed by atoms with van der Waals surface area (Å²) in [6.45, 7) is -0.243. The number of hydrogen-bond donors (Lipinski definition) is 2. The molecule has 0 heterocycles. The second kappa shape index (κ2) is 8.59. The molecule has 2 aromatic rings. The first-order chi connectivity index (χ1) is 12.3. The van der Waals surface area contributed by atoms with Crippen molar-refractivity contribution in [2.75, 3.05) is 27.9 Å². The van der Waals surface area contributed by atoms with Crippen LogP contribution in [0.5, 0.6) is 17.2 Å². The first kappa shape index (κ1) is 20.3. The Labute approximate surface area is 157 Å². The first-order valence-corrected chi connectivity index (χ1v) is 9.41. The highest BCUT2D eigenvalue weighted by Gasteiger charge is 2.22. The van der Waals surface area contributed by atoms with E-state index in [-0.39, 0.29) is 22.2 Å². The van der Waals surface area contributed by atoms with Crippen LogP contribution in [0.3, 0.4) is 0 Å². The molecule has 1 unspecified atom stereocenters. The summed E-state index contributed by atoms with van der Waals surface area (Å²) in [4.78, 5) is -0.105. The van der Waals surface area contributed by atoms with E-state index < -0.39 is 16.1 Å². The van der Waals surface area contributed by atoms with Gasteiger partial charge in [0.25, 0.3) is 0 Å². The van der Waals surface area contributed by atoms with Crippen LogP contribution in [0.15, 0.2) is 41.3 Å². The lowest BCUT2D eigenvalue weighted by molar-refractivity contribution is 0.181. The maximum atomic E-state index is 12.5. The third-order valence-corrected chi connectivity index (χ3v) is 5.35. The second-order valence-corrected chi connectivity index (χ2v) is 7.45. The quantitative estimate of drug-likeness (QED) is 0.705. The molecule has 0 spiro atoms. The Morgan fingerprint density at radius 2 is 1.62 bits per heavy atom. The van der Waals surface area contributed by atoms with E-state index in [0.29, 0.717) is 17.1 Å². The van der Waals surface area contributed by atoms with Crippen molar-refractivity contribution in [1.82, 2.24) is 4.72 Å². The molecule has 0 saturated heterocycles. The molecule has 7 nitrogen and oxygen atoms in total. The standard InChI is InChI=1S/C17H20ClNO6S/c1-23-14-6-4-11(8-16(14)25-3)13(20)10-19-26(21,22)17-9-12(18)5-7-15(17)24-2/h4-9,13,19-20H,10H2,1-3H3. The largest absolute Gasteiger partial charge is 0.495 e. The van der Waals surface area contributed by atoms with Crippen molar-refractivity contribution in [3.05, 3.63) is 47.0 Å². The smallest absolute Gasteiger partial charge is 0.244 e. The predicted octanol–water partition coefficient (Wildman–Crippen LogP) is 2.38. The van der Waals surface area contributed by atoms with Gasteiger partial charge in [0.05, 0.1) is 27.4 Å². The monoisotopic (exact) mass is 401 g/mol. The summed E-state index contributed by atoms with van der Waals surface area (Å²) < 4.78 is 42.8. The van der Waals surface area contributed by atoms with E-state index in [2.05, 4.69) is 4.72 Å². The highest BCUT2D eigenvalue weighted by molar-refractivity contribution is 7.89. The zero-order valence-corrected chi connectivity index (χ0v) is 16.1. The maximum Gasteiger partial charge on any atom is 0.244 e. The van der Waals surface area contributed by atoms with Crippen molar-refractivity contribution in [3.63, 3.8) is 0 Å². The number of nitrogens with one attached hydrogen (secondary N) is 1. The van der Waals surface area contributed by atoms with Gasteiger partial charge < -0.3 is 19.3 Å². The van der Waals surface area contributed by atoms with Gasteiger partial charge in [0.1, 0.15) is 10.6 Å². The summed E-state index contributed by atoms with van der Waals surface area (Å²) >= 11 is 5.88. The summed E-state index contributed by atoms with van der Waals surface area (Å²) in [7, 11) is 0.404. The van der Waals surface area contributed by atoms with Gasteiger partial charge in [-0.05, 0) is 35.9 Å². The molecule has 26 heavy (non-hydrogen) atoms. The fourth-order valence-corrected chi connectivity index (χ4v) is 3.77. The zero-order valence-electron chi connectivity index (χ0n) is 14.5. The minimum atomic E-state index is -3.93. The van der Waals surface area contributed by atoms with Crippen molar-refractivity contribution >= 4 is 21.6 Å². The van der Waals surface area contributed by atoms with Crippen LogP contribution in [0.1, 0.15) is 11.7 Å². The van der Waals surface area contributed by atoms with Crippen LogP contribution < -0.4 is 18.9 Å². The number of methoxy groups -OCH3 is 3. The summed E-state index contributed by atoms with van der Waals surface area (Å²) in [5.74, 6) is 1.10. The average Bonchev–Trinajstić information content (AvgIpc) is 2.65. The zero-order chi connectivity index (χ0) is 19.3. The fourth-order valence-electron chi connectivity index (χ4n) is 2.30. The Bertz CT molecular complexity index is 872. The van der Waals surface area contributed by atoms with E-state index in [4.69, 9.17) is 25.8 Å². The van der Waals surface area contributed by atoms with Crippen LogP contribution >= 0.6 is 11.6 Å². The van der Waals surface area contributed by atoms with Crippen LogP contribution in [0.25, 0.3) is 0 Å². The summed E-state index contributed by atoms with van der Waals surface area (Å²) in [6, 6.07) is 9.11. The Hall–Kier alpha value is -2.00. The highest BCUT2D eigenvalue weighted by Crippen LogP contribution is 2.30. The fraction of sp³-hybridized carbons (Fsp3) is 0.294. The van der Waals surface area contributed by atoms with Crippen molar-refractivity contribution < 1.29 is 27.7 Å². The maximum absolute atomic E-state index is 12.5. The molecule has 9 heteroatoms. The molecule has 0 amide bonds. The number of sulfonamides is 1. The van der Waals surface area contributed by atoms with E-state index in [1.165, 1.54) is 39.5 Å². The lowest BCUT2D eigenvalue weighted by Crippen LogP contribution is -2.29. The molecule has 2 rings (SSSR count). The van der Waals surface area contributed by atoms with Crippen LogP contribution in [0.2, 0.25) is 5.02 Å². The molecule has 0 saturated carbocycles. The van der Waals surface area contributed by atoms with E-state index in [9.17, 15) is 13.5 Å². The number of aliphatic hydroxyl groups is 1. The summed E-state index contributed by atoms with van der Waals surface area (Å²) in [6.07, 6.45) is -1.09. The van der Waals surface area contributed by atoms with Crippen LogP contribution in [0, 0.1) is 0 Å². The second-order valence-electron chi connectivity index (χ2n) is 5.28. The molecular formula is C17H20ClNO6S. The Morgan fingerprint density at radius 1 is 1.00 bits per heavy atom. The Balaban J connectivity index is 2.18. The lowest BCUT2D eigenvalue weighted by Gasteiger charge is -2.16. The molecular weight excluding hydrogens is 382 g/mol. The van der Waals surface area contributed by atoms with Gasteiger partial charge in [-0.1, -0.05) is 17.7 Å². The molecule has 0 aliphatic carbocycles. The van der Waals surface area contributed by atoms with Crippen LogP contribution in [-0.2, 0) is 10.0 Å².